The number of hydrogen-bond acceptors (Lipinski definition) is 3. The van der Waals surface area contributed by atoms with Gasteiger partial charge in [-0.2, -0.15) is 5.10 Å². The van der Waals surface area contributed by atoms with E-state index in [-0.39, 0.29) is 6.10 Å². The first-order valence-corrected chi connectivity index (χ1v) is 5.42. The van der Waals surface area contributed by atoms with Gasteiger partial charge in [-0.1, -0.05) is 6.42 Å². The van der Waals surface area contributed by atoms with Crippen molar-refractivity contribution < 1.29 is 9.84 Å². The third kappa shape index (κ3) is 1.68. The molecule has 1 heterocycles. The maximum absolute atomic E-state index is 10.7. The van der Waals surface area contributed by atoms with Gasteiger partial charge in [-0.15, -0.1) is 0 Å². The number of ether oxygens (including phenoxy) is 1. The van der Waals surface area contributed by atoms with E-state index in [0.29, 0.717) is 0 Å². The van der Waals surface area contributed by atoms with Crippen LogP contribution in [0, 0.1) is 0 Å². The molecule has 1 aliphatic rings. The summed E-state index contributed by atoms with van der Waals surface area (Å²) < 4.78 is 7.13. The Morgan fingerprint density at radius 1 is 1.60 bits per heavy atom. The predicted molar refractivity (Wildman–Crippen MR) is 56.4 cm³/mol. The summed E-state index contributed by atoms with van der Waals surface area (Å²) in [4.78, 5) is 0. The zero-order chi connectivity index (χ0) is 10.9. The molecule has 0 amide bonds. The van der Waals surface area contributed by atoms with Gasteiger partial charge in [0, 0.05) is 20.4 Å². The first kappa shape index (κ1) is 10.6. The van der Waals surface area contributed by atoms with Gasteiger partial charge in [0.05, 0.1) is 11.8 Å². The van der Waals surface area contributed by atoms with Gasteiger partial charge < -0.3 is 9.84 Å². The SMILES string of the molecule is COC1CCCCC1(O)c1ccnn1C. The van der Waals surface area contributed by atoms with Crippen molar-refractivity contribution in [2.45, 2.75) is 37.4 Å². The van der Waals surface area contributed by atoms with Crippen LogP contribution in [-0.2, 0) is 17.4 Å². The fraction of sp³-hybridized carbons (Fsp3) is 0.727. The summed E-state index contributed by atoms with van der Waals surface area (Å²) >= 11 is 0. The second kappa shape index (κ2) is 3.94. The van der Waals surface area contributed by atoms with Crippen LogP contribution >= 0.6 is 0 Å². The van der Waals surface area contributed by atoms with Crippen LogP contribution in [0.4, 0.5) is 0 Å². The second-order valence-corrected chi connectivity index (χ2v) is 4.23. The van der Waals surface area contributed by atoms with Crippen molar-refractivity contribution in [2.24, 2.45) is 7.05 Å². The Labute approximate surface area is 89.9 Å². The van der Waals surface area contributed by atoms with Crippen LogP contribution in [0.15, 0.2) is 12.3 Å². The highest BCUT2D eigenvalue weighted by atomic mass is 16.5. The third-order valence-electron chi connectivity index (χ3n) is 3.36. The standard InChI is InChI=1S/C11H18N2O2/c1-13-9(6-8-12-13)11(14)7-4-3-5-10(11)15-2/h6,8,10,14H,3-5,7H2,1-2H3. The Hall–Kier alpha value is -0.870. The zero-order valence-electron chi connectivity index (χ0n) is 9.31. The van der Waals surface area contributed by atoms with E-state index >= 15 is 0 Å². The van der Waals surface area contributed by atoms with Crippen molar-refractivity contribution in [2.75, 3.05) is 7.11 Å². The minimum atomic E-state index is -0.863. The van der Waals surface area contributed by atoms with Crippen LogP contribution in [-0.4, -0.2) is 28.1 Å². The normalized spacial score (nSPS) is 31.8. The molecule has 0 bridgehead atoms. The highest BCUT2D eigenvalue weighted by molar-refractivity contribution is 5.15. The summed E-state index contributed by atoms with van der Waals surface area (Å²) in [5.41, 5.74) is -0.00725. The number of aryl methyl sites for hydroxylation is 1. The maximum Gasteiger partial charge on any atom is 0.132 e. The van der Waals surface area contributed by atoms with Gasteiger partial charge in [0.2, 0.25) is 0 Å². The number of aliphatic hydroxyl groups is 1. The Balaban J connectivity index is 2.34. The molecule has 84 valence electrons. The summed E-state index contributed by atoms with van der Waals surface area (Å²) in [5.74, 6) is 0. The molecule has 2 atom stereocenters. The van der Waals surface area contributed by atoms with Gasteiger partial charge in [-0.3, -0.25) is 4.68 Å². The second-order valence-electron chi connectivity index (χ2n) is 4.23. The third-order valence-corrected chi connectivity index (χ3v) is 3.36. The minimum Gasteiger partial charge on any atom is -0.381 e. The van der Waals surface area contributed by atoms with E-state index in [2.05, 4.69) is 5.10 Å². The van der Waals surface area contributed by atoms with Gasteiger partial charge >= 0.3 is 0 Å². The molecule has 2 unspecified atom stereocenters. The Bertz CT molecular complexity index is 337. The predicted octanol–water partition coefficient (Wildman–Crippen LogP) is 1.20. The molecule has 1 aromatic heterocycles. The van der Waals surface area contributed by atoms with E-state index in [1.807, 2.05) is 13.1 Å². The summed E-state index contributed by atoms with van der Waals surface area (Å²) in [6, 6.07) is 1.87. The fourth-order valence-corrected chi connectivity index (χ4v) is 2.53. The number of aromatic nitrogens is 2. The topological polar surface area (TPSA) is 47.3 Å². The van der Waals surface area contributed by atoms with E-state index in [9.17, 15) is 5.11 Å². The molecule has 4 nitrogen and oxygen atoms in total. The van der Waals surface area contributed by atoms with Crippen molar-refractivity contribution in [3.8, 4) is 0 Å². The molecular weight excluding hydrogens is 192 g/mol. The number of nitrogens with zero attached hydrogens (tertiary/aromatic N) is 2. The first-order chi connectivity index (χ1) is 7.18. The van der Waals surface area contributed by atoms with Crippen LogP contribution in [0.25, 0.3) is 0 Å². The van der Waals surface area contributed by atoms with Crippen LogP contribution in [0.5, 0.6) is 0 Å². The van der Waals surface area contributed by atoms with E-state index in [1.54, 1.807) is 18.0 Å². The zero-order valence-corrected chi connectivity index (χ0v) is 9.31. The van der Waals surface area contributed by atoms with E-state index in [1.165, 1.54) is 0 Å². The van der Waals surface area contributed by atoms with E-state index in [0.717, 1.165) is 31.4 Å². The minimum absolute atomic E-state index is 0.110. The summed E-state index contributed by atoms with van der Waals surface area (Å²) in [6.45, 7) is 0. The molecule has 0 spiro atoms. The molecule has 1 saturated carbocycles. The van der Waals surface area contributed by atoms with Gasteiger partial charge in [0.1, 0.15) is 5.60 Å². The molecule has 0 aliphatic heterocycles. The van der Waals surface area contributed by atoms with Crippen molar-refractivity contribution in [3.63, 3.8) is 0 Å². The molecule has 0 radical (unpaired) electrons. The molecule has 2 rings (SSSR count). The number of hydrogen-bond donors (Lipinski definition) is 1. The van der Waals surface area contributed by atoms with Crippen molar-refractivity contribution in [3.05, 3.63) is 18.0 Å². The number of methoxy groups -OCH3 is 1. The molecule has 1 fully saturated rings. The molecule has 1 aromatic rings. The number of rotatable bonds is 2. The molecular formula is C11H18N2O2. The van der Waals surface area contributed by atoms with E-state index in [4.69, 9.17) is 4.74 Å². The van der Waals surface area contributed by atoms with Crippen molar-refractivity contribution in [1.29, 1.82) is 0 Å². The average Bonchev–Trinajstić information content (AvgIpc) is 2.66. The van der Waals surface area contributed by atoms with E-state index < -0.39 is 5.60 Å². The Morgan fingerprint density at radius 2 is 2.40 bits per heavy atom. The average molecular weight is 210 g/mol. The van der Waals surface area contributed by atoms with Crippen molar-refractivity contribution in [1.82, 2.24) is 9.78 Å². The van der Waals surface area contributed by atoms with Crippen LogP contribution in [0.2, 0.25) is 0 Å². The summed E-state index contributed by atoms with van der Waals surface area (Å²) in [7, 11) is 3.52. The molecule has 1 N–H and O–H groups in total. The quantitative estimate of drug-likeness (QED) is 0.797. The molecule has 0 saturated heterocycles. The summed E-state index contributed by atoms with van der Waals surface area (Å²) in [6.07, 6.45) is 5.44. The lowest BCUT2D eigenvalue weighted by Crippen LogP contribution is -2.44. The van der Waals surface area contributed by atoms with Gasteiger partial charge in [-0.05, 0) is 25.3 Å². The first-order valence-electron chi connectivity index (χ1n) is 5.42. The lowest BCUT2D eigenvalue weighted by Gasteiger charge is -2.38. The lowest BCUT2D eigenvalue weighted by molar-refractivity contribution is -0.126. The summed E-state index contributed by atoms with van der Waals surface area (Å²) in [5, 5.41) is 14.8. The Morgan fingerprint density at radius 3 is 3.00 bits per heavy atom. The lowest BCUT2D eigenvalue weighted by atomic mass is 9.80. The van der Waals surface area contributed by atoms with Gasteiger partial charge in [0.25, 0.3) is 0 Å². The smallest absolute Gasteiger partial charge is 0.132 e. The van der Waals surface area contributed by atoms with Gasteiger partial charge in [0.15, 0.2) is 0 Å². The Kier molecular flexibility index (Phi) is 2.80. The van der Waals surface area contributed by atoms with Gasteiger partial charge in [-0.25, -0.2) is 0 Å². The van der Waals surface area contributed by atoms with Crippen LogP contribution in [0.1, 0.15) is 31.4 Å². The highest BCUT2D eigenvalue weighted by Crippen LogP contribution is 2.38. The van der Waals surface area contributed by atoms with Crippen LogP contribution in [0.3, 0.4) is 0 Å². The largest absolute Gasteiger partial charge is 0.381 e. The van der Waals surface area contributed by atoms with Crippen LogP contribution < -0.4 is 0 Å². The monoisotopic (exact) mass is 210 g/mol. The van der Waals surface area contributed by atoms with Crippen molar-refractivity contribution >= 4 is 0 Å². The molecule has 15 heavy (non-hydrogen) atoms. The fourth-order valence-electron chi connectivity index (χ4n) is 2.53. The molecule has 0 aromatic carbocycles. The highest BCUT2D eigenvalue weighted by Gasteiger charge is 2.42. The molecule has 4 heteroatoms. The molecule has 1 aliphatic carbocycles. The maximum atomic E-state index is 10.7.